The molecule has 1 aliphatic heterocycles. The lowest BCUT2D eigenvalue weighted by atomic mass is 10.2. The number of carbonyl (C=O) groups excluding carboxylic acids is 1. The number of carbonyl (C=O) groups is 1. The fraction of sp³-hybridized carbons (Fsp3) is 0.533. The lowest BCUT2D eigenvalue weighted by Crippen LogP contribution is -2.52. The molecule has 0 unspecified atom stereocenters. The van der Waals surface area contributed by atoms with Crippen molar-refractivity contribution in [1.29, 1.82) is 0 Å². The van der Waals surface area contributed by atoms with Crippen molar-refractivity contribution in [3.05, 3.63) is 28.8 Å². The third-order valence-corrected chi connectivity index (χ3v) is 6.38. The van der Waals surface area contributed by atoms with Crippen molar-refractivity contribution in [3.8, 4) is 0 Å². The molecule has 1 aromatic carbocycles. The molecule has 1 aliphatic rings. The SMILES string of the molecule is Cc1c(Cl)cccc1NC(=O)CN1CCN(S(=O)(=O)N(C)C)CC1. The van der Waals surface area contributed by atoms with Crippen LogP contribution in [0.3, 0.4) is 0 Å². The molecule has 2 rings (SSSR count). The van der Waals surface area contributed by atoms with Gasteiger partial charge in [-0.15, -0.1) is 0 Å². The highest BCUT2D eigenvalue weighted by Crippen LogP contribution is 2.22. The smallest absolute Gasteiger partial charge is 0.281 e. The van der Waals surface area contributed by atoms with Crippen LogP contribution in [0.1, 0.15) is 5.56 Å². The molecule has 24 heavy (non-hydrogen) atoms. The summed E-state index contributed by atoms with van der Waals surface area (Å²) in [5, 5.41) is 3.46. The summed E-state index contributed by atoms with van der Waals surface area (Å²) >= 11 is 6.05. The summed E-state index contributed by atoms with van der Waals surface area (Å²) in [6, 6.07) is 5.37. The molecule has 9 heteroatoms. The first kappa shape index (κ1) is 19.1. The van der Waals surface area contributed by atoms with Crippen molar-refractivity contribution in [3.63, 3.8) is 0 Å². The van der Waals surface area contributed by atoms with E-state index in [0.717, 1.165) is 5.56 Å². The number of anilines is 1. The van der Waals surface area contributed by atoms with Gasteiger partial charge in [0.25, 0.3) is 10.2 Å². The van der Waals surface area contributed by atoms with E-state index in [1.54, 1.807) is 18.2 Å². The van der Waals surface area contributed by atoms with Gasteiger partial charge in [-0.05, 0) is 24.6 Å². The summed E-state index contributed by atoms with van der Waals surface area (Å²) in [6.45, 7) is 3.88. The average molecular weight is 375 g/mol. The molecule has 7 nitrogen and oxygen atoms in total. The molecule has 134 valence electrons. The number of nitrogens with zero attached hydrogens (tertiary/aromatic N) is 3. The fourth-order valence-electron chi connectivity index (χ4n) is 2.49. The number of hydrogen-bond acceptors (Lipinski definition) is 4. The molecule has 1 fully saturated rings. The molecule has 0 aromatic heterocycles. The summed E-state index contributed by atoms with van der Waals surface area (Å²) in [7, 11) is -0.353. The standard InChI is InChI=1S/C15H23ClN4O3S/c1-12-13(16)5-4-6-14(12)17-15(21)11-19-7-9-20(10-8-19)24(22,23)18(2)3/h4-6H,7-11H2,1-3H3,(H,17,21). The van der Waals surface area contributed by atoms with Gasteiger partial charge in [-0.2, -0.15) is 17.0 Å². The van der Waals surface area contributed by atoms with Gasteiger partial charge in [0, 0.05) is 51.0 Å². The van der Waals surface area contributed by atoms with E-state index in [9.17, 15) is 13.2 Å². The highest BCUT2D eigenvalue weighted by molar-refractivity contribution is 7.86. The summed E-state index contributed by atoms with van der Waals surface area (Å²) in [6.07, 6.45) is 0. The maximum atomic E-state index is 12.2. The zero-order valence-electron chi connectivity index (χ0n) is 14.1. The molecule has 1 aromatic rings. The first-order valence-electron chi connectivity index (χ1n) is 7.66. The van der Waals surface area contributed by atoms with Crippen LogP contribution in [-0.4, -0.2) is 74.7 Å². The Hall–Kier alpha value is -1.19. The quantitative estimate of drug-likeness (QED) is 0.834. The molecule has 0 saturated carbocycles. The molecule has 0 radical (unpaired) electrons. The van der Waals surface area contributed by atoms with Crippen LogP contribution in [0.15, 0.2) is 18.2 Å². The third-order valence-electron chi connectivity index (χ3n) is 4.03. The van der Waals surface area contributed by atoms with Crippen LogP contribution in [0.4, 0.5) is 5.69 Å². The van der Waals surface area contributed by atoms with Crippen molar-refractivity contribution in [1.82, 2.24) is 13.5 Å². The monoisotopic (exact) mass is 374 g/mol. The van der Waals surface area contributed by atoms with E-state index in [-0.39, 0.29) is 12.5 Å². The Morgan fingerprint density at radius 3 is 2.46 bits per heavy atom. The van der Waals surface area contributed by atoms with Crippen molar-refractivity contribution in [2.24, 2.45) is 0 Å². The van der Waals surface area contributed by atoms with Crippen LogP contribution in [0.5, 0.6) is 0 Å². The number of amides is 1. The second kappa shape index (κ2) is 7.79. The molecule has 0 bridgehead atoms. The van der Waals surface area contributed by atoms with Gasteiger partial charge in [-0.25, -0.2) is 0 Å². The van der Waals surface area contributed by atoms with Crippen LogP contribution in [0.2, 0.25) is 5.02 Å². The molecular formula is C15H23ClN4O3S. The number of hydrogen-bond donors (Lipinski definition) is 1. The maximum Gasteiger partial charge on any atom is 0.281 e. The van der Waals surface area contributed by atoms with Gasteiger partial charge in [-0.1, -0.05) is 17.7 Å². The fourth-order valence-corrected chi connectivity index (χ4v) is 3.75. The lowest BCUT2D eigenvalue weighted by molar-refractivity contribution is -0.117. The molecule has 0 spiro atoms. The van der Waals surface area contributed by atoms with E-state index in [1.807, 2.05) is 11.8 Å². The lowest BCUT2D eigenvalue weighted by Gasteiger charge is -2.34. The van der Waals surface area contributed by atoms with E-state index in [1.165, 1.54) is 22.7 Å². The van der Waals surface area contributed by atoms with E-state index < -0.39 is 10.2 Å². The maximum absolute atomic E-state index is 12.2. The van der Waals surface area contributed by atoms with Gasteiger partial charge in [-0.3, -0.25) is 9.69 Å². The van der Waals surface area contributed by atoms with Crippen molar-refractivity contribution in [2.75, 3.05) is 52.1 Å². The summed E-state index contributed by atoms with van der Waals surface area (Å²) in [4.78, 5) is 14.1. The zero-order valence-corrected chi connectivity index (χ0v) is 15.7. The summed E-state index contributed by atoms with van der Waals surface area (Å²) in [5.41, 5.74) is 1.52. The van der Waals surface area contributed by atoms with E-state index in [4.69, 9.17) is 11.6 Å². The van der Waals surface area contributed by atoms with Crippen LogP contribution in [0, 0.1) is 6.92 Å². The Kier molecular flexibility index (Phi) is 6.22. The Morgan fingerprint density at radius 2 is 1.88 bits per heavy atom. The highest BCUT2D eigenvalue weighted by Gasteiger charge is 2.29. The van der Waals surface area contributed by atoms with Crippen molar-refractivity contribution in [2.45, 2.75) is 6.92 Å². The van der Waals surface area contributed by atoms with Gasteiger partial charge >= 0.3 is 0 Å². The Labute approximate surface area is 148 Å². The van der Waals surface area contributed by atoms with Gasteiger partial charge in [0.15, 0.2) is 0 Å². The largest absolute Gasteiger partial charge is 0.325 e. The van der Waals surface area contributed by atoms with Crippen LogP contribution >= 0.6 is 11.6 Å². The first-order valence-corrected chi connectivity index (χ1v) is 9.44. The summed E-state index contributed by atoms with van der Waals surface area (Å²) < 4.78 is 26.8. The Balaban J connectivity index is 1.88. The third kappa shape index (κ3) is 4.46. The number of rotatable bonds is 5. The topological polar surface area (TPSA) is 73.0 Å². The van der Waals surface area contributed by atoms with Gasteiger partial charge in [0.2, 0.25) is 5.91 Å². The highest BCUT2D eigenvalue weighted by atomic mass is 35.5. The van der Waals surface area contributed by atoms with Crippen LogP contribution in [-0.2, 0) is 15.0 Å². The molecule has 0 atom stereocenters. The second-order valence-corrected chi connectivity index (χ2v) is 8.48. The molecule has 1 heterocycles. The minimum atomic E-state index is -3.39. The Morgan fingerprint density at radius 1 is 1.25 bits per heavy atom. The number of halogens is 1. The van der Waals surface area contributed by atoms with E-state index in [2.05, 4.69) is 5.32 Å². The minimum absolute atomic E-state index is 0.135. The second-order valence-electron chi connectivity index (χ2n) is 5.93. The van der Waals surface area contributed by atoms with Gasteiger partial charge in [0.05, 0.1) is 6.54 Å². The molecular weight excluding hydrogens is 352 g/mol. The normalized spacial score (nSPS) is 17.2. The predicted octanol–water partition coefficient (Wildman–Crippen LogP) is 1.01. The molecule has 1 N–H and O–H groups in total. The summed E-state index contributed by atoms with van der Waals surface area (Å²) in [5.74, 6) is -0.135. The first-order chi connectivity index (χ1) is 11.2. The average Bonchev–Trinajstić information content (AvgIpc) is 2.52. The van der Waals surface area contributed by atoms with Crippen molar-refractivity contribution < 1.29 is 13.2 Å². The van der Waals surface area contributed by atoms with Gasteiger partial charge < -0.3 is 5.32 Å². The molecule has 0 aliphatic carbocycles. The van der Waals surface area contributed by atoms with Crippen LogP contribution < -0.4 is 5.32 Å². The number of nitrogens with one attached hydrogen (secondary N) is 1. The van der Waals surface area contributed by atoms with E-state index >= 15 is 0 Å². The number of piperazine rings is 1. The molecule has 1 amide bonds. The van der Waals surface area contributed by atoms with E-state index in [0.29, 0.717) is 36.9 Å². The van der Waals surface area contributed by atoms with Crippen molar-refractivity contribution >= 4 is 33.4 Å². The number of benzene rings is 1. The van der Waals surface area contributed by atoms with Crippen LogP contribution in [0.25, 0.3) is 0 Å². The molecule has 1 saturated heterocycles. The van der Waals surface area contributed by atoms with Gasteiger partial charge in [0.1, 0.15) is 0 Å². The Bertz CT molecular complexity index is 701. The predicted molar refractivity (Wildman–Crippen MR) is 95.4 cm³/mol. The zero-order chi connectivity index (χ0) is 17.9. The minimum Gasteiger partial charge on any atom is -0.325 e.